The zero-order chi connectivity index (χ0) is 33.6. The molecule has 0 unspecified atom stereocenters. The molecule has 2 aromatic carbocycles. The Kier molecular flexibility index (Phi) is 9.89. The topological polar surface area (TPSA) is 125 Å². The minimum Gasteiger partial charge on any atom is -0.378 e. The molecule has 0 amide bonds. The molecule has 6 aromatic rings. The molecule has 0 aliphatic carbocycles. The molecule has 0 spiro atoms. The number of hydrogen-bond acceptors (Lipinski definition) is 13. The van der Waals surface area contributed by atoms with Crippen molar-refractivity contribution in [1.82, 2.24) is 44.8 Å². The molecule has 6 heterocycles. The van der Waals surface area contributed by atoms with Crippen LogP contribution in [0.2, 0.25) is 0 Å². The molecular weight excluding hydrogens is 616 g/mol. The number of anilines is 3. The van der Waals surface area contributed by atoms with E-state index in [-0.39, 0.29) is 0 Å². The van der Waals surface area contributed by atoms with E-state index in [1.165, 1.54) is 29.0 Å². The summed E-state index contributed by atoms with van der Waals surface area (Å²) in [6.45, 7) is 6.73. The molecule has 49 heavy (non-hydrogen) atoms. The number of aromatic nitrogens is 8. The van der Waals surface area contributed by atoms with E-state index < -0.39 is 0 Å². The molecule has 0 saturated carbocycles. The molecule has 13 nitrogen and oxygen atoms in total. The number of benzene rings is 2. The van der Waals surface area contributed by atoms with E-state index in [4.69, 9.17) is 24.7 Å². The number of rotatable bonds is 7. The Morgan fingerprint density at radius 3 is 2.18 bits per heavy atom. The van der Waals surface area contributed by atoms with Gasteiger partial charge in [-0.25, -0.2) is 34.9 Å². The summed E-state index contributed by atoms with van der Waals surface area (Å²) in [5.74, 6) is 3.20. The monoisotopic (exact) mass is 658 g/mol. The van der Waals surface area contributed by atoms with Gasteiger partial charge < -0.3 is 24.3 Å². The summed E-state index contributed by atoms with van der Waals surface area (Å²) in [4.78, 5) is 44.4. The summed E-state index contributed by atoms with van der Waals surface area (Å²) < 4.78 is 5.65. The number of piperidine rings is 1. The number of morpholine rings is 1. The smallest absolute Gasteiger partial charge is 0.228 e. The summed E-state index contributed by atoms with van der Waals surface area (Å²) in [7, 11) is 6.40. The standard InChI is InChI=1S/C30H38N8O.C6H4N4/c1-35(2)19-22-11-13-38(14-12-22)30-33-27-26(29(34-30)37-15-17-39-18-16-37)31-21-32-28(27)36(3)20-24-9-6-8-23-7-4-5-10-25(23)24;1-5-6(10-3-7-1)2-8-4-9-5/h4-10,21-22H,11-20H2,1-3H3;1-4H. The summed E-state index contributed by atoms with van der Waals surface area (Å²) in [5.41, 5.74) is 4.42. The average molecular weight is 659 g/mol. The van der Waals surface area contributed by atoms with Gasteiger partial charge in [0.05, 0.1) is 25.6 Å². The molecule has 4 aromatic heterocycles. The quantitative estimate of drug-likeness (QED) is 0.243. The lowest BCUT2D eigenvalue weighted by atomic mass is 9.97. The molecule has 0 N–H and O–H groups in total. The van der Waals surface area contributed by atoms with Gasteiger partial charge in [-0.1, -0.05) is 42.5 Å². The van der Waals surface area contributed by atoms with Crippen molar-refractivity contribution in [3.8, 4) is 0 Å². The van der Waals surface area contributed by atoms with Crippen molar-refractivity contribution in [2.24, 2.45) is 5.92 Å². The van der Waals surface area contributed by atoms with Crippen molar-refractivity contribution < 1.29 is 4.74 Å². The zero-order valence-electron chi connectivity index (χ0n) is 28.4. The molecule has 2 aliphatic rings. The van der Waals surface area contributed by atoms with Crippen molar-refractivity contribution in [2.75, 3.05) is 81.8 Å². The largest absolute Gasteiger partial charge is 0.378 e. The van der Waals surface area contributed by atoms with E-state index in [0.29, 0.717) is 19.1 Å². The predicted octanol–water partition coefficient (Wildman–Crippen LogP) is 4.24. The molecule has 252 valence electrons. The number of nitrogens with zero attached hydrogens (tertiary/aromatic N) is 12. The SMILES string of the molecule is CN(C)CC1CCN(c2nc(N3CCOCC3)c3ncnc(N(C)Cc4cccc5ccccc45)c3n2)CC1.c1ncc2ncncc2n1. The van der Waals surface area contributed by atoms with Crippen molar-refractivity contribution in [3.05, 3.63) is 79.4 Å². The van der Waals surface area contributed by atoms with Gasteiger partial charge in [-0.15, -0.1) is 0 Å². The molecule has 13 heteroatoms. The van der Waals surface area contributed by atoms with Crippen LogP contribution in [0.15, 0.2) is 73.8 Å². The fourth-order valence-corrected chi connectivity index (χ4v) is 6.65. The highest BCUT2D eigenvalue weighted by atomic mass is 16.5. The normalized spacial score (nSPS) is 15.5. The lowest BCUT2D eigenvalue weighted by molar-refractivity contribution is 0.122. The summed E-state index contributed by atoms with van der Waals surface area (Å²) >= 11 is 0. The molecule has 8 rings (SSSR count). The highest BCUT2D eigenvalue weighted by Gasteiger charge is 2.26. The molecular formula is C36H42N12O. The van der Waals surface area contributed by atoms with E-state index in [0.717, 1.165) is 91.8 Å². The van der Waals surface area contributed by atoms with Crippen molar-refractivity contribution in [2.45, 2.75) is 19.4 Å². The molecule has 0 atom stereocenters. The van der Waals surface area contributed by atoms with E-state index >= 15 is 0 Å². The minimum atomic E-state index is 0.690. The first-order valence-corrected chi connectivity index (χ1v) is 16.8. The first kappa shape index (κ1) is 32.4. The van der Waals surface area contributed by atoms with E-state index in [1.807, 2.05) is 0 Å². The first-order chi connectivity index (χ1) is 24.0. The lowest BCUT2D eigenvalue weighted by Gasteiger charge is -2.34. The van der Waals surface area contributed by atoms with Crippen molar-refractivity contribution in [3.63, 3.8) is 0 Å². The van der Waals surface area contributed by atoms with Crippen molar-refractivity contribution in [1.29, 1.82) is 0 Å². The second-order valence-electron chi connectivity index (χ2n) is 12.8. The average Bonchev–Trinajstić information content (AvgIpc) is 3.15. The summed E-state index contributed by atoms with van der Waals surface area (Å²) in [5, 5.41) is 2.50. The number of hydrogen-bond donors (Lipinski definition) is 0. The van der Waals surface area contributed by atoms with Gasteiger partial charge in [-0.05, 0) is 49.2 Å². The van der Waals surface area contributed by atoms with Gasteiger partial charge in [0.15, 0.2) is 11.6 Å². The van der Waals surface area contributed by atoms with Gasteiger partial charge in [-0.3, -0.25) is 0 Å². The van der Waals surface area contributed by atoms with E-state index in [9.17, 15) is 0 Å². The third-order valence-electron chi connectivity index (χ3n) is 9.10. The van der Waals surface area contributed by atoms with Gasteiger partial charge >= 0.3 is 0 Å². The van der Waals surface area contributed by atoms with Crippen LogP contribution in [-0.2, 0) is 11.3 Å². The highest BCUT2D eigenvalue weighted by molar-refractivity contribution is 5.94. The van der Waals surface area contributed by atoms with Crippen LogP contribution in [0.4, 0.5) is 17.6 Å². The third-order valence-corrected chi connectivity index (χ3v) is 9.10. The number of ether oxygens (including phenoxy) is 1. The van der Waals surface area contributed by atoms with Gasteiger partial charge in [0, 0.05) is 46.3 Å². The van der Waals surface area contributed by atoms with E-state index in [1.54, 1.807) is 18.7 Å². The van der Waals surface area contributed by atoms with Crippen LogP contribution in [0.25, 0.3) is 32.8 Å². The van der Waals surface area contributed by atoms with Crippen LogP contribution in [-0.4, -0.2) is 112 Å². The van der Waals surface area contributed by atoms with Gasteiger partial charge in [-0.2, -0.15) is 4.98 Å². The zero-order valence-corrected chi connectivity index (χ0v) is 28.4. The second kappa shape index (κ2) is 15.0. The van der Waals surface area contributed by atoms with Gasteiger partial charge in [0.25, 0.3) is 0 Å². The van der Waals surface area contributed by atoms with Gasteiger partial charge in [0.1, 0.15) is 41.0 Å². The Balaban J connectivity index is 0.000000322. The van der Waals surface area contributed by atoms with Crippen LogP contribution in [0.1, 0.15) is 18.4 Å². The summed E-state index contributed by atoms with van der Waals surface area (Å²) in [6.07, 6.45) is 10.2. The maximum Gasteiger partial charge on any atom is 0.228 e. The van der Waals surface area contributed by atoms with Crippen LogP contribution < -0.4 is 14.7 Å². The third kappa shape index (κ3) is 7.47. The fourth-order valence-electron chi connectivity index (χ4n) is 6.65. The minimum absolute atomic E-state index is 0.690. The predicted molar refractivity (Wildman–Crippen MR) is 193 cm³/mol. The van der Waals surface area contributed by atoms with Crippen LogP contribution >= 0.6 is 0 Å². The second-order valence-corrected chi connectivity index (χ2v) is 12.8. The molecule has 2 fully saturated rings. The summed E-state index contributed by atoms with van der Waals surface area (Å²) in [6, 6.07) is 15.0. The maximum atomic E-state index is 5.65. The van der Waals surface area contributed by atoms with Crippen LogP contribution in [0.3, 0.4) is 0 Å². The van der Waals surface area contributed by atoms with Crippen LogP contribution in [0, 0.1) is 5.92 Å². The lowest BCUT2D eigenvalue weighted by Crippen LogP contribution is -2.39. The van der Waals surface area contributed by atoms with Gasteiger partial charge in [0.2, 0.25) is 5.95 Å². The Morgan fingerprint density at radius 2 is 1.45 bits per heavy atom. The van der Waals surface area contributed by atoms with Crippen LogP contribution in [0.5, 0.6) is 0 Å². The highest BCUT2D eigenvalue weighted by Crippen LogP contribution is 2.32. The fraction of sp³-hybridized carbons (Fsp3) is 0.389. The first-order valence-electron chi connectivity index (χ1n) is 16.8. The maximum absolute atomic E-state index is 5.65. The Labute approximate surface area is 286 Å². The molecule has 2 saturated heterocycles. The Morgan fingerprint density at radius 1 is 0.735 bits per heavy atom. The molecule has 0 bridgehead atoms. The molecule has 2 aliphatic heterocycles. The Bertz CT molecular complexity index is 1940. The Hall–Kier alpha value is -5.14. The van der Waals surface area contributed by atoms with Crippen molar-refractivity contribution >= 4 is 50.4 Å². The van der Waals surface area contributed by atoms with E-state index in [2.05, 4.69) is 103 Å². The molecule has 0 radical (unpaired) electrons. The number of fused-ring (bicyclic) bond motifs is 3.